The number of rotatable bonds is 7. The highest BCUT2D eigenvalue weighted by atomic mass is 16.5. The van der Waals surface area contributed by atoms with Crippen molar-refractivity contribution in [3.63, 3.8) is 0 Å². The maximum absolute atomic E-state index is 12.0. The van der Waals surface area contributed by atoms with E-state index in [1.165, 1.54) is 0 Å². The summed E-state index contributed by atoms with van der Waals surface area (Å²) >= 11 is 0. The second-order valence-corrected chi connectivity index (χ2v) is 4.35. The third-order valence-electron chi connectivity index (χ3n) is 2.72. The maximum Gasteiger partial charge on any atom is 0.271 e. The van der Waals surface area contributed by atoms with Crippen molar-refractivity contribution >= 4 is 11.6 Å². The number of benzene rings is 1. The van der Waals surface area contributed by atoms with E-state index >= 15 is 0 Å². The largest absolute Gasteiger partial charge is 0.497 e. The molecule has 1 N–H and O–H groups in total. The SMILES string of the molecule is CCCC(CCC)=NNC(=O)c1cccc(OC)c1. The predicted octanol–water partition coefficient (Wildman–Crippen LogP) is 3.38. The van der Waals surface area contributed by atoms with Crippen LogP contribution in [0, 0.1) is 0 Å². The normalized spacial score (nSPS) is 9.84. The summed E-state index contributed by atoms with van der Waals surface area (Å²) in [5.74, 6) is 0.461. The molecule has 0 aliphatic heterocycles. The van der Waals surface area contributed by atoms with Crippen LogP contribution in [0.15, 0.2) is 29.4 Å². The Morgan fingerprint density at radius 2 is 1.95 bits per heavy atom. The minimum Gasteiger partial charge on any atom is -0.497 e. The minimum atomic E-state index is -0.205. The molecule has 0 aliphatic rings. The molecule has 0 saturated carbocycles. The van der Waals surface area contributed by atoms with Gasteiger partial charge in [-0.25, -0.2) is 5.43 Å². The topological polar surface area (TPSA) is 50.7 Å². The monoisotopic (exact) mass is 262 g/mol. The lowest BCUT2D eigenvalue weighted by atomic mass is 10.1. The second-order valence-electron chi connectivity index (χ2n) is 4.35. The molecule has 0 radical (unpaired) electrons. The number of carbonyl (C=O) groups excluding carboxylic acids is 1. The molecule has 0 saturated heterocycles. The summed E-state index contributed by atoms with van der Waals surface area (Å²) in [6.45, 7) is 4.21. The molecular weight excluding hydrogens is 240 g/mol. The van der Waals surface area contributed by atoms with E-state index in [2.05, 4.69) is 24.4 Å². The van der Waals surface area contributed by atoms with Crippen molar-refractivity contribution in [2.75, 3.05) is 7.11 Å². The Morgan fingerprint density at radius 1 is 1.26 bits per heavy atom. The molecule has 0 aromatic heterocycles. The average Bonchev–Trinajstić information content (AvgIpc) is 2.45. The zero-order valence-corrected chi connectivity index (χ0v) is 11.9. The molecule has 1 aromatic carbocycles. The van der Waals surface area contributed by atoms with Crippen LogP contribution in [0.2, 0.25) is 0 Å². The van der Waals surface area contributed by atoms with Crippen molar-refractivity contribution in [3.05, 3.63) is 29.8 Å². The van der Waals surface area contributed by atoms with E-state index in [-0.39, 0.29) is 5.91 Å². The van der Waals surface area contributed by atoms with Gasteiger partial charge in [-0.1, -0.05) is 32.8 Å². The summed E-state index contributed by atoms with van der Waals surface area (Å²) in [5.41, 5.74) is 4.21. The minimum absolute atomic E-state index is 0.205. The number of hydrogen-bond donors (Lipinski definition) is 1. The second kappa shape index (κ2) is 8.29. The van der Waals surface area contributed by atoms with Gasteiger partial charge < -0.3 is 4.74 Å². The Balaban J connectivity index is 2.69. The lowest BCUT2D eigenvalue weighted by molar-refractivity contribution is 0.0954. The first-order valence-corrected chi connectivity index (χ1v) is 6.71. The quantitative estimate of drug-likeness (QED) is 0.605. The highest BCUT2D eigenvalue weighted by Crippen LogP contribution is 2.12. The van der Waals surface area contributed by atoms with Crippen molar-refractivity contribution in [2.45, 2.75) is 39.5 Å². The Hall–Kier alpha value is -1.84. The van der Waals surface area contributed by atoms with Gasteiger partial charge in [-0.3, -0.25) is 4.79 Å². The number of hydrazone groups is 1. The molecule has 0 atom stereocenters. The molecule has 1 aromatic rings. The fourth-order valence-electron chi connectivity index (χ4n) is 1.77. The third kappa shape index (κ3) is 5.12. The molecular formula is C15H22N2O2. The van der Waals surface area contributed by atoms with Crippen LogP contribution in [0.25, 0.3) is 0 Å². The highest BCUT2D eigenvalue weighted by molar-refractivity contribution is 5.95. The molecule has 1 rings (SSSR count). The molecule has 0 unspecified atom stereocenters. The third-order valence-corrected chi connectivity index (χ3v) is 2.72. The van der Waals surface area contributed by atoms with Crippen LogP contribution in [0.1, 0.15) is 49.9 Å². The highest BCUT2D eigenvalue weighted by Gasteiger charge is 2.06. The van der Waals surface area contributed by atoms with Gasteiger partial charge in [0.1, 0.15) is 5.75 Å². The molecule has 1 amide bonds. The lowest BCUT2D eigenvalue weighted by Crippen LogP contribution is -2.19. The van der Waals surface area contributed by atoms with Crippen molar-refractivity contribution in [1.29, 1.82) is 0 Å². The summed E-state index contributed by atoms with van der Waals surface area (Å²) in [5, 5.41) is 4.21. The summed E-state index contributed by atoms with van der Waals surface area (Å²) < 4.78 is 5.09. The van der Waals surface area contributed by atoms with Crippen LogP contribution in [0.4, 0.5) is 0 Å². The van der Waals surface area contributed by atoms with Gasteiger partial charge >= 0.3 is 0 Å². The van der Waals surface area contributed by atoms with Crippen LogP contribution in [0.3, 0.4) is 0 Å². The first-order valence-electron chi connectivity index (χ1n) is 6.71. The molecule has 4 heteroatoms. The summed E-state index contributed by atoms with van der Waals surface area (Å²) in [7, 11) is 1.58. The zero-order valence-electron chi connectivity index (χ0n) is 11.9. The van der Waals surface area contributed by atoms with Crippen LogP contribution >= 0.6 is 0 Å². The number of carbonyl (C=O) groups is 1. The van der Waals surface area contributed by atoms with Gasteiger partial charge in [0, 0.05) is 11.3 Å². The van der Waals surface area contributed by atoms with Gasteiger partial charge in [-0.05, 0) is 31.0 Å². The first-order chi connectivity index (χ1) is 9.21. The zero-order chi connectivity index (χ0) is 14.1. The van der Waals surface area contributed by atoms with E-state index in [9.17, 15) is 4.79 Å². The number of amides is 1. The number of nitrogens with one attached hydrogen (secondary N) is 1. The van der Waals surface area contributed by atoms with Crippen molar-refractivity contribution < 1.29 is 9.53 Å². The Bertz CT molecular complexity index is 434. The Kier molecular flexibility index (Phi) is 6.64. The van der Waals surface area contributed by atoms with E-state index in [1.54, 1.807) is 31.4 Å². The Morgan fingerprint density at radius 3 is 2.53 bits per heavy atom. The van der Waals surface area contributed by atoms with Crippen LogP contribution in [-0.4, -0.2) is 18.7 Å². The molecule has 0 fully saturated rings. The predicted molar refractivity (Wildman–Crippen MR) is 77.7 cm³/mol. The van der Waals surface area contributed by atoms with Crippen LogP contribution in [0.5, 0.6) is 5.75 Å². The first kappa shape index (κ1) is 15.2. The molecule has 0 aliphatic carbocycles. The fraction of sp³-hybridized carbons (Fsp3) is 0.467. The van der Waals surface area contributed by atoms with Gasteiger partial charge in [-0.15, -0.1) is 0 Å². The van der Waals surface area contributed by atoms with Crippen molar-refractivity contribution in [2.24, 2.45) is 5.10 Å². The van der Waals surface area contributed by atoms with E-state index in [4.69, 9.17) is 4.74 Å². The molecule has 0 spiro atoms. The van der Waals surface area contributed by atoms with Crippen molar-refractivity contribution in [1.82, 2.24) is 5.43 Å². The number of methoxy groups -OCH3 is 1. The number of ether oxygens (including phenoxy) is 1. The molecule has 19 heavy (non-hydrogen) atoms. The van der Waals surface area contributed by atoms with Crippen LogP contribution in [-0.2, 0) is 0 Å². The lowest BCUT2D eigenvalue weighted by Gasteiger charge is -2.06. The summed E-state index contributed by atoms with van der Waals surface area (Å²) in [4.78, 5) is 12.0. The molecule has 4 nitrogen and oxygen atoms in total. The molecule has 0 bridgehead atoms. The molecule has 0 heterocycles. The fourth-order valence-corrected chi connectivity index (χ4v) is 1.77. The van der Waals surface area contributed by atoms with E-state index in [0.29, 0.717) is 11.3 Å². The van der Waals surface area contributed by atoms with E-state index < -0.39 is 0 Å². The van der Waals surface area contributed by atoms with Crippen molar-refractivity contribution in [3.8, 4) is 5.75 Å². The maximum atomic E-state index is 12.0. The molecule has 104 valence electrons. The van der Waals surface area contributed by atoms with E-state index in [1.807, 2.05) is 0 Å². The summed E-state index contributed by atoms with van der Waals surface area (Å²) in [6, 6.07) is 7.03. The van der Waals surface area contributed by atoms with Gasteiger partial charge in [0.15, 0.2) is 0 Å². The van der Waals surface area contributed by atoms with Gasteiger partial charge in [-0.2, -0.15) is 5.10 Å². The Labute approximate surface area is 114 Å². The number of hydrogen-bond acceptors (Lipinski definition) is 3. The van der Waals surface area contributed by atoms with Gasteiger partial charge in [0.05, 0.1) is 7.11 Å². The van der Waals surface area contributed by atoms with E-state index in [0.717, 1.165) is 31.4 Å². The standard InChI is InChI=1S/C15H22N2O2/c1-4-7-13(8-5-2)16-17-15(18)12-9-6-10-14(11-12)19-3/h6,9-11H,4-5,7-8H2,1-3H3,(H,17,18). The van der Waals surface area contributed by atoms with Gasteiger partial charge in [0.25, 0.3) is 5.91 Å². The smallest absolute Gasteiger partial charge is 0.271 e. The van der Waals surface area contributed by atoms with Crippen LogP contribution < -0.4 is 10.2 Å². The summed E-state index contributed by atoms with van der Waals surface area (Å²) in [6.07, 6.45) is 3.92. The number of nitrogens with zero attached hydrogens (tertiary/aromatic N) is 1. The average molecular weight is 262 g/mol. The van der Waals surface area contributed by atoms with Gasteiger partial charge in [0.2, 0.25) is 0 Å².